The van der Waals surface area contributed by atoms with Crippen LogP contribution in [0.5, 0.6) is 0 Å². The smallest absolute Gasteiger partial charge is 0.462 e. The van der Waals surface area contributed by atoms with Gasteiger partial charge in [0.15, 0.2) is 12.2 Å². The zero-order valence-corrected chi connectivity index (χ0v) is 64.8. The molecule has 0 rings (SSSR count). The number of rotatable bonds is 77. The highest BCUT2D eigenvalue weighted by molar-refractivity contribution is 7.47. The number of phosphoric acid groups is 2. The molecular weight excluding hydrogens is 1280 g/mol. The van der Waals surface area contributed by atoms with Crippen molar-refractivity contribution in [3.8, 4) is 0 Å². The van der Waals surface area contributed by atoms with Gasteiger partial charge in [0.1, 0.15) is 19.3 Å². The second-order valence-electron chi connectivity index (χ2n) is 27.4. The third-order valence-corrected chi connectivity index (χ3v) is 19.5. The van der Waals surface area contributed by atoms with E-state index in [9.17, 15) is 43.2 Å². The molecule has 98 heavy (non-hydrogen) atoms. The van der Waals surface area contributed by atoms with Crippen LogP contribution >= 0.6 is 15.6 Å². The molecular formula is C79H148O17P2. The van der Waals surface area contributed by atoms with Crippen LogP contribution in [0.15, 0.2) is 36.5 Å². The van der Waals surface area contributed by atoms with Gasteiger partial charge in [0.05, 0.1) is 26.4 Å². The van der Waals surface area contributed by atoms with Gasteiger partial charge >= 0.3 is 39.5 Å². The van der Waals surface area contributed by atoms with Crippen molar-refractivity contribution in [2.45, 2.75) is 406 Å². The number of hydrogen-bond acceptors (Lipinski definition) is 15. The summed E-state index contributed by atoms with van der Waals surface area (Å²) >= 11 is 0. The average molecular weight is 1430 g/mol. The van der Waals surface area contributed by atoms with Crippen molar-refractivity contribution in [2.75, 3.05) is 39.6 Å². The number of phosphoric ester groups is 2. The standard InChI is InChI=1S/C79H148O17P2/c1-5-9-13-17-21-25-29-33-36-40-44-48-52-56-60-64-77(82)90-70-75(96-79(84)66-62-58-54-50-46-42-38-35-31-27-23-19-15-11-7-3)72-94-98(87,88)92-68-73(80)67-91-97(85,86)93-71-74(69-89-76(81)63-59-55-51-47-43-39-32-28-24-20-16-12-8-4)95-78(83)65-61-57-53-49-45-41-37-34-30-26-22-18-14-10-6-2/h25,27-29,31-32,73-75,80H,5-24,26,30,33-72H2,1-4H3,(H,85,86)(H,87,88)/b29-25-,31-27-,32-28-/t73-,74+,75+/m0/s1. The summed E-state index contributed by atoms with van der Waals surface area (Å²) in [5, 5.41) is 10.6. The minimum absolute atomic E-state index is 0.0955. The number of hydrogen-bond donors (Lipinski definition) is 3. The number of carbonyl (C=O) groups excluding carboxylic acids is 4. The van der Waals surface area contributed by atoms with Crippen molar-refractivity contribution in [3.63, 3.8) is 0 Å². The fourth-order valence-electron chi connectivity index (χ4n) is 11.4. The second kappa shape index (κ2) is 72.6. The summed E-state index contributed by atoms with van der Waals surface area (Å²) in [7, 11) is -9.93. The predicted molar refractivity (Wildman–Crippen MR) is 400 cm³/mol. The molecule has 0 amide bonds. The molecule has 0 saturated carbocycles. The Morgan fingerprint density at radius 3 is 0.714 bits per heavy atom. The Labute approximate surface area is 598 Å². The maximum Gasteiger partial charge on any atom is 0.472 e. The Kier molecular flexibility index (Phi) is 70.6. The molecule has 3 N–H and O–H groups in total. The van der Waals surface area contributed by atoms with Crippen LogP contribution in [0.1, 0.15) is 387 Å². The number of allylic oxidation sites excluding steroid dienone is 6. The fraction of sp³-hybridized carbons (Fsp3) is 0.873. The van der Waals surface area contributed by atoms with Crippen molar-refractivity contribution >= 4 is 39.5 Å². The summed E-state index contributed by atoms with van der Waals surface area (Å²) in [5.41, 5.74) is 0. The fourth-order valence-corrected chi connectivity index (χ4v) is 13.0. The van der Waals surface area contributed by atoms with Crippen molar-refractivity contribution in [3.05, 3.63) is 36.5 Å². The van der Waals surface area contributed by atoms with Crippen molar-refractivity contribution in [2.24, 2.45) is 0 Å². The molecule has 0 aromatic rings. The molecule has 0 aromatic heterocycles. The van der Waals surface area contributed by atoms with Gasteiger partial charge in [-0.2, -0.15) is 0 Å². The lowest BCUT2D eigenvalue weighted by atomic mass is 10.0. The number of carbonyl (C=O) groups is 4. The van der Waals surface area contributed by atoms with E-state index in [2.05, 4.69) is 64.2 Å². The highest BCUT2D eigenvalue weighted by atomic mass is 31.2. The number of ether oxygens (including phenoxy) is 4. The third-order valence-electron chi connectivity index (χ3n) is 17.6. The monoisotopic (exact) mass is 1430 g/mol. The van der Waals surface area contributed by atoms with E-state index in [0.29, 0.717) is 25.7 Å². The van der Waals surface area contributed by atoms with E-state index in [1.54, 1.807) is 0 Å². The van der Waals surface area contributed by atoms with Gasteiger partial charge < -0.3 is 33.8 Å². The molecule has 0 aromatic carbocycles. The highest BCUT2D eigenvalue weighted by Crippen LogP contribution is 2.45. The first-order valence-electron chi connectivity index (χ1n) is 40.2. The van der Waals surface area contributed by atoms with Gasteiger partial charge in [-0.25, -0.2) is 9.13 Å². The lowest BCUT2D eigenvalue weighted by molar-refractivity contribution is -0.161. The Balaban J connectivity index is 5.31. The number of aliphatic hydroxyl groups excluding tert-OH is 1. The molecule has 0 saturated heterocycles. The van der Waals surface area contributed by atoms with Gasteiger partial charge in [-0.15, -0.1) is 0 Å². The Morgan fingerprint density at radius 2 is 0.469 bits per heavy atom. The maximum atomic E-state index is 13.1. The summed E-state index contributed by atoms with van der Waals surface area (Å²) in [6, 6.07) is 0. The molecule has 17 nitrogen and oxygen atoms in total. The van der Waals surface area contributed by atoms with Gasteiger partial charge in [0.2, 0.25) is 0 Å². The molecule has 0 heterocycles. The molecule has 0 spiro atoms. The molecule has 576 valence electrons. The third kappa shape index (κ3) is 71.7. The van der Waals surface area contributed by atoms with Crippen LogP contribution in [0.25, 0.3) is 0 Å². The highest BCUT2D eigenvalue weighted by Gasteiger charge is 2.30. The van der Waals surface area contributed by atoms with Crippen LogP contribution in [0.4, 0.5) is 0 Å². The van der Waals surface area contributed by atoms with Gasteiger partial charge in [0.25, 0.3) is 0 Å². The van der Waals surface area contributed by atoms with Crippen LogP contribution in [0.3, 0.4) is 0 Å². The zero-order valence-electron chi connectivity index (χ0n) is 63.0. The maximum absolute atomic E-state index is 13.1. The van der Waals surface area contributed by atoms with Gasteiger partial charge in [-0.1, -0.05) is 295 Å². The second-order valence-corrected chi connectivity index (χ2v) is 30.3. The zero-order chi connectivity index (χ0) is 71.8. The summed E-state index contributed by atoms with van der Waals surface area (Å²) < 4.78 is 68.6. The SMILES string of the molecule is CCCCCC/C=C\CCCCCCCCCC(=O)OC[C@H](COP(=O)(O)OC[C@@H](O)COP(=O)(O)OC[C@@H](COC(=O)CCCCCCC/C=C\CCCCCC)OC(=O)CCCCCCCCCCCCCCCCC)OC(=O)CCCCCCCCC/C=C\CCCCCC. The summed E-state index contributed by atoms with van der Waals surface area (Å²) in [6.07, 6.45) is 68.3. The number of unbranched alkanes of at least 4 members (excludes halogenated alkanes) is 45. The van der Waals surface area contributed by atoms with Crippen molar-refractivity contribution in [1.29, 1.82) is 0 Å². The topological polar surface area (TPSA) is 237 Å². The molecule has 0 aliphatic carbocycles. The number of aliphatic hydroxyl groups is 1. The molecule has 0 fully saturated rings. The summed E-state index contributed by atoms with van der Waals surface area (Å²) in [6.45, 7) is 4.91. The van der Waals surface area contributed by atoms with Gasteiger partial charge in [-0.3, -0.25) is 37.3 Å². The molecule has 2 unspecified atom stereocenters. The molecule has 0 radical (unpaired) electrons. The molecule has 0 aliphatic heterocycles. The average Bonchev–Trinajstić information content (AvgIpc) is 1.04. The van der Waals surface area contributed by atoms with Crippen LogP contribution < -0.4 is 0 Å². The minimum atomic E-state index is -4.97. The minimum Gasteiger partial charge on any atom is -0.462 e. The van der Waals surface area contributed by atoms with E-state index in [0.717, 1.165) is 154 Å². The lowest BCUT2D eigenvalue weighted by Gasteiger charge is -2.21. The van der Waals surface area contributed by atoms with Gasteiger partial charge in [0, 0.05) is 25.7 Å². The van der Waals surface area contributed by atoms with Crippen LogP contribution in [0, 0.1) is 0 Å². The van der Waals surface area contributed by atoms with Crippen molar-refractivity contribution < 1.29 is 80.2 Å². The van der Waals surface area contributed by atoms with E-state index in [1.165, 1.54) is 154 Å². The quantitative estimate of drug-likeness (QED) is 0.0169. The Morgan fingerprint density at radius 1 is 0.276 bits per heavy atom. The molecule has 0 aliphatic rings. The predicted octanol–water partition coefficient (Wildman–Crippen LogP) is 23.1. The van der Waals surface area contributed by atoms with Crippen molar-refractivity contribution in [1.82, 2.24) is 0 Å². The number of esters is 4. The van der Waals surface area contributed by atoms with Gasteiger partial charge in [-0.05, 0) is 103 Å². The normalized spacial score (nSPS) is 14.1. The van der Waals surface area contributed by atoms with E-state index in [-0.39, 0.29) is 25.7 Å². The summed E-state index contributed by atoms with van der Waals surface area (Å²) in [5.74, 6) is -2.15. The molecule has 5 atom stereocenters. The summed E-state index contributed by atoms with van der Waals surface area (Å²) in [4.78, 5) is 72.9. The largest absolute Gasteiger partial charge is 0.472 e. The van der Waals surface area contributed by atoms with E-state index in [1.807, 2.05) is 0 Å². The van der Waals surface area contributed by atoms with Crippen LogP contribution in [-0.2, 0) is 65.4 Å². The molecule has 19 heteroatoms. The first-order chi connectivity index (χ1) is 47.7. The molecule has 0 bridgehead atoms. The van der Waals surface area contributed by atoms with E-state index in [4.69, 9.17) is 37.0 Å². The lowest BCUT2D eigenvalue weighted by Crippen LogP contribution is -2.30. The first kappa shape index (κ1) is 95.3. The van der Waals surface area contributed by atoms with Crippen LogP contribution in [0.2, 0.25) is 0 Å². The first-order valence-corrected chi connectivity index (χ1v) is 43.2. The van der Waals surface area contributed by atoms with Crippen LogP contribution in [-0.4, -0.2) is 96.7 Å². The Hall–Kier alpha value is -2.72. The Bertz CT molecular complexity index is 2000. The van der Waals surface area contributed by atoms with E-state index >= 15 is 0 Å². The van der Waals surface area contributed by atoms with E-state index < -0.39 is 97.5 Å².